The van der Waals surface area contributed by atoms with E-state index in [9.17, 15) is 13.6 Å². The second kappa shape index (κ2) is 6.08. The van der Waals surface area contributed by atoms with E-state index in [4.69, 9.17) is 4.84 Å². The van der Waals surface area contributed by atoms with Gasteiger partial charge in [0.15, 0.2) is 0 Å². The zero-order valence-electron chi connectivity index (χ0n) is 9.78. The molecule has 1 fully saturated rings. The minimum absolute atomic E-state index is 0.323. The van der Waals surface area contributed by atoms with Gasteiger partial charge < -0.3 is 9.39 Å². The lowest BCUT2D eigenvalue weighted by molar-refractivity contribution is -0.118. The smallest absolute Gasteiger partial charge is 0.357 e. The van der Waals surface area contributed by atoms with Gasteiger partial charge in [0.25, 0.3) is 0 Å². The van der Waals surface area contributed by atoms with E-state index in [2.05, 4.69) is 0 Å². The third kappa shape index (κ3) is 3.38. The highest BCUT2D eigenvalue weighted by atomic mass is 32.2. The molecule has 0 aromatic heterocycles. The molecule has 1 heterocycles. The molecule has 1 aromatic carbocycles. The van der Waals surface area contributed by atoms with Crippen LogP contribution in [-0.2, 0) is 15.9 Å². The molecule has 5 nitrogen and oxygen atoms in total. The predicted molar refractivity (Wildman–Crippen MR) is 65.4 cm³/mol. The van der Waals surface area contributed by atoms with E-state index in [0.717, 1.165) is 0 Å². The third-order valence-electron chi connectivity index (χ3n) is 2.89. The van der Waals surface area contributed by atoms with Crippen LogP contribution in [0.3, 0.4) is 0 Å². The summed E-state index contributed by atoms with van der Waals surface area (Å²) in [5.41, 5.74) is 0.493. The van der Waals surface area contributed by atoms with Crippen LogP contribution < -0.4 is 0 Å². The Labute approximate surface area is 108 Å². The first kappa shape index (κ1) is 13.2. The Morgan fingerprint density at radius 2 is 1.89 bits per heavy atom. The Bertz CT molecular complexity index is 429. The van der Waals surface area contributed by atoms with Gasteiger partial charge in [-0.05, 0) is 25.0 Å². The van der Waals surface area contributed by atoms with E-state index in [-0.39, 0.29) is 5.25 Å². The van der Waals surface area contributed by atoms with Crippen molar-refractivity contribution in [3.63, 3.8) is 0 Å². The number of piperidine rings is 1. The van der Waals surface area contributed by atoms with Gasteiger partial charge in [0, 0.05) is 18.3 Å². The molecule has 1 saturated heterocycles. The first-order chi connectivity index (χ1) is 8.66. The number of hydrogen-bond donors (Lipinski definition) is 0. The van der Waals surface area contributed by atoms with Crippen LogP contribution in [-0.4, -0.2) is 38.1 Å². The summed E-state index contributed by atoms with van der Waals surface area (Å²) in [5.74, 6) is -0.405. The molecule has 0 radical (unpaired) electrons. The second-order valence-corrected chi connectivity index (χ2v) is 5.32. The quantitative estimate of drug-likeness (QED) is 0.768. The molecule has 1 unspecified atom stereocenters. The standard InChI is InChI=1S/C12H15NO4S/c14-12(10-4-2-1-3-5-10)17-13-8-6-11(7-9-13)18(15)16/h1-5,11H,6-9H2,(H,15,16)/p-1. The summed E-state index contributed by atoms with van der Waals surface area (Å²) in [6, 6.07) is 8.72. The maximum Gasteiger partial charge on any atom is 0.357 e. The van der Waals surface area contributed by atoms with Gasteiger partial charge >= 0.3 is 5.97 Å². The van der Waals surface area contributed by atoms with Crippen molar-refractivity contribution in [3.05, 3.63) is 35.9 Å². The van der Waals surface area contributed by atoms with Crippen molar-refractivity contribution < 1.29 is 18.4 Å². The van der Waals surface area contributed by atoms with Gasteiger partial charge in [-0.2, -0.15) is 0 Å². The fourth-order valence-corrected chi connectivity index (χ4v) is 2.46. The summed E-state index contributed by atoms with van der Waals surface area (Å²) < 4.78 is 21.6. The minimum atomic E-state index is -2.03. The molecule has 0 aliphatic carbocycles. The monoisotopic (exact) mass is 268 g/mol. The number of benzene rings is 1. The third-order valence-corrected chi connectivity index (χ3v) is 3.91. The van der Waals surface area contributed by atoms with Crippen molar-refractivity contribution in [3.8, 4) is 0 Å². The van der Waals surface area contributed by atoms with E-state index in [1.54, 1.807) is 24.3 Å². The molecule has 2 rings (SSSR count). The molecule has 1 aromatic rings. The largest absolute Gasteiger partial charge is 0.772 e. The van der Waals surface area contributed by atoms with Gasteiger partial charge in [-0.25, -0.2) is 4.79 Å². The summed E-state index contributed by atoms with van der Waals surface area (Å²) in [7, 11) is 0. The highest BCUT2D eigenvalue weighted by molar-refractivity contribution is 7.79. The summed E-state index contributed by atoms with van der Waals surface area (Å²) >= 11 is -2.03. The number of nitrogens with zero attached hydrogens (tertiary/aromatic N) is 1. The Morgan fingerprint density at radius 3 is 2.44 bits per heavy atom. The van der Waals surface area contributed by atoms with Gasteiger partial charge in [-0.1, -0.05) is 29.3 Å². The molecule has 1 aliphatic rings. The lowest BCUT2D eigenvalue weighted by Gasteiger charge is -2.31. The fourth-order valence-electron chi connectivity index (χ4n) is 1.86. The van der Waals surface area contributed by atoms with Crippen molar-refractivity contribution in [1.29, 1.82) is 0 Å². The van der Waals surface area contributed by atoms with Crippen molar-refractivity contribution in [2.75, 3.05) is 13.1 Å². The van der Waals surface area contributed by atoms with E-state index in [0.29, 0.717) is 31.5 Å². The number of rotatable bonds is 3. The zero-order chi connectivity index (χ0) is 13.0. The van der Waals surface area contributed by atoms with Crippen LogP contribution in [0.15, 0.2) is 30.3 Å². The average molecular weight is 268 g/mol. The molecule has 1 aliphatic heterocycles. The molecule has 0 amide bonds. The SMILES string of the molecule is O=C(ON1CCC(S(=O)[O-])CC1)c1ccccc1. The lowest BCUT2D eigenvalue weighted by Crippen LogP contribution is -2.38. The summed E-state index contributed by atoms with van der Waals surface area (Å²) in [6.45, 7) is 0.911. The number of hydrogen-bond acceptors (Lipinski definition) is 5. The van der Waals surface area contributed by atoms with Gasteiger partial charge in [-0.15, -0.1) is 5.06 Å². The van der Waals surface area contributed by atoms with E-state index >= 15 is 0 Å². The molecule has 0 saturated carbocycles. The second-order valence-electron chi connectivity index (χ2n) is 4.13. The molecule has 0 N–H and O–H groups in total. The molecule has 0 spiro atoms. The normalized spacial score (nSPS) is 19.4. The van der Waals surface area contributed by atoms with Gasteiger partial charge in [0.05, 0.1) is 5.56 Å². The maximum absolute atomic E-state index is 11.7. The summed E-state index contributed by atoms with van der Waals surface area (Å²) in [4.78, 5) is 16.9. The first-order valence-electron chi connectivity index (χ1n) is 5.77. The van der Waals surface area contributed by atoms with Gasteiger partial charge in [0.2, 0.25) is 0 Å². The molecule has 98 valence electrons. The molecular weight excluding hydrogens is 254 g/mol. The van der Waals surface area contributed by atoms with Crippen LogP contribution in [0.1, 0.15) is 23.2 Å². The summed E-state index contributed by atoms with van der Waals surface area (Å²) in [6.07, 6.45) is 0.996. The fraction of sp³-hybridized carbons (Fsp3) is 0.417. The van der Waals surface area contributed by atoms with E-state index in [1.807, 2.05) is 6.07 Å². The van der Waals surface area contributed by atoms with Crippen molar-refractivity contribution in [2.45, 2.75) is 18.1 Å². The Kier molecular flexibility index (Phi) is 4.46. The first-order valence-corrected chi connectivity index (χ1v) is 6.91. The molecule has 1 atom stereocenters. The van der Waals surface area contributed by atoms with E-state index < -0.39 is 17.0 Å². The topological polar surface area (TPSA) is 69.7 Å². The maximum atomic E-state index is 11.7. The van der Waals surface area contributed by atoms with Crippen LogP contribution in [0.25, 0.3) is 0 Å². The van der Waals surface area contributed by atoms with Crippen LogP contribution >= 0.6 is 0 Å². The molecule has 6 heteroatoms. The lowest BCUT2D eigenvalue weighted by atomic mass is 10.1. The van der Waals surface area contributed by atoms with Gasteiger partial charge in [0.1, 0.15) is 0 Å². The van der Waals surface area contributed by atoms with Crippen LogP contribution in [0.2, 0.25) is 0 Å². The Balaban J connectivity index is 1.85. The molecule has 18 heavy (non-hydrogen) atoms. The summed E-state index contributed by atoms with van der Waals surface area (Å²) in [5, 5.41) is 1.20. The highest BCUT2D eigenvalue weighted by Gasteiger charge is 2.22. The van der Waals surface area contributed by atoms with Crippen LogP contribution in [0.5, 0.6) is 0 Å². The van der Waals surface area contributed by atoms with Crippen molar-refractivity contribution in [2.24, 2.45) is 0 Å². The van der Waals surface area contributed by atoms with Crippen molar-refractivity contribution >= 4 is 17.0 Å². The van der Waals surface area contributed by atoms with Crippen LogP contribution in [0, 0.1) is 0 Å². The zero-order valence-corrected chi connectivity index (χ0v) is 10.6. The highest BCUT2D eigenvalue weighted by Crippen LogP contribution is 2.15. The van der Waals surface area contributed by atoms with Crippen molar-refractivity contribution in [1.82, 2.24) is 5.06 Å². The average Bonchev–Trinajstić information content (AvgIpc) is 2.40. The predicted octanol–water partition coefficient (Wildman–Crippen LogP) is 1.10. The minimum Gasteiger partial charge on any atom is -0.772 e. The Morgan fingerprint density at radius 1 is 1.28 bits per heavy atom. The number of hydroxylamine groups is 2. The molecular formula is C12H14NO4S-. The van der Waals surface area contributed by atoms with Crippen LogP contribution in [0.4, 0.5) is 0 Å². The van der Waals surface area contributed by atoms with E-state index in [1.165, 1.54) is 5.06 Å². The van der Waals surface area contributed by atoms with Gasteiger partial charge in [-0.3, -0.25) is 4.21 Å². The number of carbonyl (C=O) groups excluding carboxylic acids is 1. The molecule has 0 bridgehead atoms. The number of carbonyl (C=O) groups is 1. The Hall–Kier alpha value is -1.24.